The van der Waals surface area contributed by atoms with Crippen LogP contribution in [0.4, 0.5) is 0 Å². The smallest absolute Gasteiger partial charge is 0.209 e. The van der Waals surface area contributed by atoms with E-state index in [0.717, 1.165) is 6.08 Å². The van der Waals surface area contributed by atoms with E-state index in [9.17, 15) is 8.42 Å². The maximum Gasteiger partial charge on any atom is 0.259 e. The van der Waals surface area contributed by atoms with E-state index >= 15 is 0 Å². The fourth-order valence-corrected chi connectivity index (χ4v) is 0.184. The first-order valence-electron chi connectivity index (χ1n) is 1.24. The molecule has 0 aliphatic carbocycles. The summed E-state index contributed by atoms with van der Waals surface area (Å²) in [6, 6.07) is 0. The molecule has 40 valence electrons. The number of rotatable bonds is 2. The first-order chi connectivity index (χ1) is 3.27. The molecule has 0 heterocycles. The molecule has 0 amide bonds. The molecule has 0 aliphatic heterocycles. The SMILES string of the molecule is O=C=NN[SH](=O)=O. The number of hydrazone groups is 1. The number of hydrogen-bond acceptors (Lipinski definition) is 4. The van der Waals surface area contributed by atoms with E-state index in [1.165, 1.54) is 4.83 Å². The van der Waals surface area contributed by atoms with Gasteiger partial charge in [-0.1, -0.05) is 5.10 Å². The highest BCUT2D eigenvalue weighted by atomic mass is 32.2. The summed E-state index contributed by atoms with van der Waals surface area (Å²) in [4.78, 5) is 10.5. The van der Waals surface area contributed by atoms with Gasteiger partial charge in [0.05, 0.1) is 0 Å². The third-order valence-electron chi connectivity index (χ3n) is 0.177. The van der Waals surface area contributed by atoms with Crippen molar-refractivity contribution in [1.29, 1.82) is 0 Å². The van der Waals surface area contributed by atoms with Gasteiger partial charge in [-0.2, -0.15) is 4.83 Å². The first-order valence-corrected chi connectivity index (χ1v) is 2.42. The van der Waals surface area contributed by atoms with E-state index in [1.54, 1.807) is 0 Å². The second-order valence-corrected chi connectivity index (χ2v) is 1.27. The fraction of sp³-hybridized carbons (Fsp3) is 0. The number of carbonyl (C=O) groups excluding carboxylic acids is 1. The highest BCUT2D eigenvalue weighted by molar-refractivity contribution is 7.70. The van der Waals surface area contributed by atoms with Crippen molar-refractivity contribution in [2.24, 2.45) is 5.10 Å². The van der Waals surface area contributed by atoms with E-state index in [0.29, 0.717) is 0 Å². The Labute approximate surface area is 41.1 Å². The van der Waals surface area contributed by atoms with Gasteiger partial charge in [0.25, 0.3) is 6.08 Å². The Morgan fingerprint density at radius 3 is 2.29 bits per heavy atom. The van der Waals surface area contributed by atoms with Gasteiger partial charge in [0.2, 0.25) is 10.9 Å². The van der Waals surface area contributed by atoms with E-state index in [1.807, 2.05) is 0 Å². The quantitative estimate of drug-likeness (QED) is 0.199. The summed E-state index contributed by atoms with van der Waals surface area (Å²) in [5, 5.41) is 2.52. The summed E-state index contributed by atoms with van der Waals surface area (Å²) in [5.74, 6) is 0. The zero-order valence-electron chi connectivity index (χ0n) is 3.12. The van der Waals surface area contributed by atoms with Crippen LogP contribution < -0.4 is 4.83 Å². The van der Waals surface area contributed by atoms with Gasteiger partial charge < -0.3 is 0 Å². The normalized spacial score (nSPS) is 7.57. The Bertz CT molecular complexity index is 146. The predicted octanol–water partition coefficient (Wildman–Crippen LogP) is -1.65. The molecule has 0 bridgehead atoms. The zero-order valence-corrected chi connectivity index (χ0v) is 4.01. The van der Waals surface area contributed by atoms with Crippen molar-refractivity contribution < 1.29 is 13.2 Å². The van der Waals surface area contributed by atoms with Crippen LogP contribution in [-0.4, -0.2) is 14.5 Å². The van der Waals surface area contributed by atoms with Gasteiger partial charge in [0, 0.05) is 0 Å². The van der Waals surface area contributed by atoms with E-state index < -0.39 is 10.9 Å². The summed E-state index contributed by atoms with van der Waals surface area (Å²) < 4.78 is 18.8. The number of hydrogen-bond donors (Lipinski definition) is 2. The van der Waals surface area contributed by atoms with Gasteiger partial charge >= 0.3 is 0 Å². The Morgan fingerprint density at radius 1 is 1.57 bits per heavy atom. The van der Waals surface area contributed by atoms with Crippen molar-refractivity contribution >= 4 is 17.0 Å². The molecule has 0 rings (SSSR count). The van der Waals surface area contributed by atoms with Gasteiger partial charge in [-0.15, -0.1) is 0 Å². The molecule has 1 N–H and O–H groups in total. The van der Waals surface area contributed by atoms with Crippen molar-refractivity contribution in [1.82, 2.24) is 4.83 Å². The molecule has 0 atom stereocenters. The van der Waals surface area contributed by atoms with Crippen LogP contribution in [0, 0.1) is 0 Å². The monoisotopic (exact) mass is 122 g/mol. The molecule has 0 spiro atoms. The molecular weight excluding hydrogens is 120 g/mol. The topological polar surface area (TPSA) is 75.6 Å². The Balaban J connectivity index is 3.54. The second-order valence-electron chi connectivity index (χ2n) is 0.560. The minimum Gasteiger partial charge on any atom is -0.209 e. The molecule has 0 saturated heterocycles. The maximum atomic E-state index is 9.41. The third kappa shape index (κ3) is 5.13. The fourth-order valence-electron chi connectivity index (χ4n) is 0.0612. The molecule has 0 saturated carbocycles. The first kappa shape index (κ1) is 6.13. The van der Waals surface area contributed by atoms with Gasteiger partial charge in [-0.25, -0.2) is 13.2 Å². The highest BCUT2D eigenvalue weighted by Gasteiger charge is 1.68. The summed E-state index contributed by atoms with van der Waals surface area (Å²) in [5.41, 5.74) is 0. The maximum absolute atomic E-state index is 9.41. The van der Waals surface area contributed by atoms with Crippen LogP contribution in [0.5, 0.6) is 0 Å². The number of nitrogens with zero attached hydrogens (tertiary/aromatic N) is 1. The van der Waals surface area contributed by atoms with Gasteiger partial charge in [-0.05, 0) is 0 Å². The van der Waals surface area contributed by atoms with Crippen LogP contribution in [0.15, 0.2) is 5.10 Å². The lowest BCUT2D eigenvalue weighted by atomic mass is 11.6. The molecule has 0 fully saturated rings. The van der Waals surface area contributed by atoms with Crippen molar-refractivity contribution in [2.75, 3.05) is 0 Å². The van der Waals surface area contributed by atoms with Crippen LogP contribution in [0.1, 0.15) is 0 Å². The van der Waals surface area contributed by atoms with Gasteiger partial charge in [0.15, 0.2) is 0 Å². The molecule has 0 aromatic rings. The molecule has 0 aromatic heterocycles. The van der Waals surface area contributed by atoms with Crippen LogP contribution >= 0.6 is 0 Å². The lowest BCUT2D eigenvalue weighted by molar-refractivity contribution is 0.560. The third-order valence-corrected chi connectivity index (χ3v) is 0.441. The Morgan fingerprint density at radius 2 is 2.14 bits per heavy atom. The Kier molecular flexibility index (Phi) is 2.91. The molecular formula is CH2N2O3S. The van der Waals surface area contributed by atoms with Crippen molar-refractivity contribution in [3.63, 3.8) is 0 Å². The highest BCUT2D eigenvalue weighted by Crippen LogP contribution is 1.47. The number of thiol groups is 1. The largest absolute Gasteiger partial charge is 0.259 e. The number of nitrogens with one attached hydrogen (secondary N) is 1. The molecule has 6 heteroatoms. The van der Waals surface area contributed by atoms with Crippen molar-refractivity contribution in [2.45, 2.75) is 0 Å². The minimum absolute atomic E-state index is 0.979. The van der Waals surface area contributed by atoms with Crippen LogP contribution in [0.2, 0.25) is 0 Å². The molecule has 5 nitrogen and oxygen atoms in total. The molecule has 7 heavy (non-hydrogen) atoms. The summed E-state index contributed by atoms with van der Waals surface area (Å²) in [6.07, 6.45) is 0.979. The van der Waals surface area contributed by atoms with Crippen LogP contribution in [-0.2, 0) is 15.7 Å². The summed E-state index contributed by atoms with van der Waals surface area (Å²) >= 11 is 0. The zero-order chi connectivity index (χ0) is 5.70. The van der Waals surface area contributed by atoms with Crippen LogP contribution in [0.3, 0.4) is 0 Å². The van der Waals surface area contributed by atoms with E-state index in [-0.39, 0.29) is 0 Å². The molecule has 0 unspecified atom stereocenters. The standard InChI is InChI=1S/CH2N2O3S/c4-1-2-3-7(5)6/h7H,(H,3,5,6). The average molecular weight is 122 g/mol. The van der Waals surface area contributed by atoms with Crippen LogP contribution in [0.25, 0.3) is 0 Å². The summed E-state index contributed by atoms with van der Waals surface area (Å²) in [7, 11) is -2.79. The van der Waals surface area contributed by atoms with Crippen molar-refractivity contribution in [3.8, 4) is 0 Å². The minimum atomic E-state index is -2.79. The summed E-state index contributed by atoms with van der Waals surface area (Å²) in [6.45, 7) is 0. The second kappa shape index (κ2) is 3.32. The molecule has 0 aromatic carbocycles. The van der Waals surface area contributed by atoms with E-state index in [2.05, 4.69) is 5.10 Å². The van der Waals surface area contributed by atoms with Gasteiger partial charge in [0.1, 0.15) is 0 Å². The predicted molar refractivity (Wildman–Crippen MR) is 21.6 cm³/mol. The molecule has 0 aliphatic rings. The number of isocyanates is 1. The van der Waals surface area contributed by atoms with E-state index in [4.69, 9.17) is 4.79 Å². The van der Waals surface area contributed by atoms with Crippen molar-refractivity contribution in [3.05, 3.63) is 0 Å². The van der Waals surface area contributed by atoms with Gasteiger partial charge in [-0.3, -0.25) is 0 Å². The lowest BCUT2D eigenvalue weighted by Gasteiger charge is -1.72. The lowest BCUT2D eigenvalue weighted by Crippen LogP contribution is -1.98. The Hall–Kier alpha value is -0.870. The molecule has 0 radical (unpaired) electrons. The average Bonchev–Trinajstić information content (AvgIpc) is 1.61.